The molecular weight excluding hydrogens is 476 g/mol. The van der Waals surface area contributed by atoms with Gasteiger partial charge in [0.1, 0.15) is 22.4 Å². The minimum atomic E-state index is -1.00. The van der Waals surface area contributed by atoms with Crippen molar-refractivity contribution >= 4 is 33.3 Å². The van der Waals surface area contributed by atoms with Crippen LogP contribution in [0, 0.1) is 25.7 Å². The molecule has 3 heterocycles. The van der Waals surface area contributed by atoms with Crippen LogP contribution in [-0.4, -0.2) is 65.7 Å². The summed E-state index contributed by atoms with van der Waals surface area (Å²) in [6, 6.07) is 1.52. The summed E-state index contributed by atoms with van der Waals surface area (Å²) in [5, 5.41) is 38.6. The van der Waals surface area contributed by atoms with Crippen LogP contribution in [0.4, 0.5) is 11.8 Å². The second-order valence-corrected chi connectivity index (χ2v) is 11.8. The minimum Gasteiger partial charge on any atom is -0.396 e. The highest BCUT2D eigenvalue weighted by atomic mass is 32.1. The standard InChI is InChI=1S/C26H34N6O3S/c1-13-19(24-30-20-14(2)27-10-7-18(20)36-24)23(29-17-11-15(12-33)21(34)22(17)35)31-25(28-13)32-26(8-9-26)16-5-3-4-6-16/h7,10,15-17,21-22,33-35H,3-6,8-9,11-12H2,1-2H3,(H2,28,29,31,32). The summed E-state index contributed by atoms with van der Waals surface area (Å²) in [4.78, 5) is 19.1. The molecule has 5 N–H and O–H groups in total. The highest BCUT2D eigenvalue weighted by molar-refractivity contribution is 7.21. The number of nitrogens with one attached hydrogen (secondary N) is 2. The van der Waals surface area contributed by atoms with E-state index in [0.717, 1.165) is 45.0 Å². The summed E-state index contributed by atoms with van der Waals surface area (Å²) >= 11 is 1.57. The lowest BCUT2D eigenvalue weighted by Gasteiger charge is -2.26. The van der Waals surface area contributed by atoms with Crippen LogP contribution in [0.15, 0.2) is 12.3 Å². The van der Waals surface area contributed by atoms with Crippen molar-refractivity contribution in [3.63, 3.8) is 0 Å². The van der Waals surface area contributed by atoms with Crippen LogP contribution in [0.3, 0.4) is 0 Å². The average Bonchev–Trinajstić information content (AvgIpc) is 3.19. The van der Waals surface area contributed by atoms with E-state index >= 15 is 0 Å². The number of anilines is 2. The number of fused-ring (bicyclic) bond motifs is 1. The molecule has 3 saturated carbocycles. The van der Waals surface area contributed by atoms with Gasteiger partial charge in [0.05, 0.1) is 33.8 Å². The van der Waals surface area contributed by atoms with Crippen LogP contribution >= 0.6 is 11.3 Å². The lowest BCUT2D eigenvalue weighted by Crippen LogP contribution is -2.36. The van der Waals surface area contributed by atoms with Crippen molar-refractivity contribution in [3.05, 3.63) is 23.7 Å². The molecular formula is C26H34N6O3S. The van der Waals surface area contributed by atoms with E-state index in [9.17, 15) is 15.3 Å². The molecule has 0 aromatic carbocycles. The maximum absolute atomic E-state index is 10.7. The first-order chi connectivity index (χ1) is 17.4. The van der Waals surface area contributed by atoms with Gasteiger partial charge in [-0.2, -0.15) is 4.98 Å². The molecule has 3 aromatic heterocycles. The van der Waals surface area contributed by atoms with Crippen LogP contribution in [0.2, 0.25) is 0 Å². The number of thiazole rings is 1. The quantitative estimate of drug-likeness (QED) is 0.324. The number of hydrogen-bond acceptors (Lipinski definition) is 10. The second kappa shape index (κ2) is 9.16. The Hall–Kier alpha value is -2.40. The molecule has 0 radical (unpaired) electrons. The van der Waals surface area contributed by atoms with Gasteiger partial charge in [0.25, 0.3) is 0 Å². The van der Waals surface area contributed by atoms with Gasteiger partial charge < -0.3 is 26.0 Å². The zero-order valence-corrected chi connectivity index (χ0v) is 21.6. The molecule has 10 heteroatoms. The maximum atomic E-state index is 10.7. The molecule has 36 heavy (non-hydrogen) atoms. The van der Waals surface area contributed by atoms with Crippen LogP contribution < -0.4 is 10.6 Å². The number of nitrogens with zero attached hydrogens (tertiary/aromatic N) is 4. The molecule has 0 spiro atoms. The van der Waals surface area contributed by atoms with Crippen LogP contribution in [0.1, 0.15) is 56.3 Å². The van der Waals surface area contributed by atoms with Crippen molar-refractivity contribution in [3.8, 4) is 10.6 Å². The second-order valence-electron chi connectivity index (χ2n) is 10.8. The summed E-state index contributed by atoms with van der Waals surface area (Å²) in [6.45, 7) is 3.74. The van der Waals surface area contributed by atoms with Gasteiger partial charge in [0.15, 0.2) is 0 Å². The van der Waals surface area contributed by atoms with Crippen LogP contribution in [0.25, 0.3) is 20.8 Å². The van der Waals surface area contributed by atoms with E-state index in [1.54, 1.807) is 17.5 Å². The summed E-state index contributed by atoms with van der Waals surface area (Å²) in [5.41, 5.74) is 3.41. The lowest BCUT2D eigenvalue weighted by molar-refractivity contribution is 0.00446. The Morgan fingerprint density at radius 1 is 1.06 bits per heavy atom. The Balaban J connectivity index is 1.39. The SMILES string of the molecule is Cc1nc(NC2(C3CCCC3)CC2)nc(NC2CC(CO)C(O)C2O)c1-c1nc2c(C)nccc2s1. The third kappa shape index (κ3) is 4.13. The number of aromatic nitrogens is 4. The van der Waals surface area contributed by atoms with Gasteiger partial charge in [0, 0.05) is 24.3 Å². The Kier molecular flexibility index (Phi) is 6.10. The number of hydrogen-bond donors (Lipinski definition) is 5. The molecule has 3 aliphatic carbocycles. The molecule has 0 aliphatic heterocycles. The summed E-state index contributed by atoms with van der Waals surface area (Å²) in [5.74, 6) is 1.46. The fourth-order valence-electron chi connectivity index (χ4n) is 6.17. The lowest BCUT2D eigenvalue weighted by atomic mass is 9.96. The highest BCUT2D eigenvalue weighted by Crippen LogP contribution is 2.51. The van der Waals surface area contributed by atoms with Gasteiger partial charge in [-0.05, 0) is 57.9 Å². The molecule has 3 aliphatic rings. The van der Waals surface area contributed by atoms with Crippen molar-refractivity contribution in [2.24, 2.45) is 11.8 Å². The maximum Gasteiger partial charge on any atom is 0.225 e. The van der Waals surface area contributed by atoms with E-state index in [0.29, 0.717) is 24.1 Å². The average molecular weight is 511 g/mol. The zero-order chi connectivity index (χ0) is 25.0. The van der Waals surface area contributed by atoms with E-state index in [1.165, 1.54) is 25.7 Å². The normalized spacial score (nSPS) is 27.6. The fraction of sp³-hybridized carbons (Fsp3) is 0.615. The Morgan fingerprint density at radius 3 is 2.50 bits per heavy atom. The number of aliphatic hydroxyl groups excluding tert-OH is 3. The van der Waals surface area contributed by atoms with E-state index in [2.05, 4.69) is 15.6 Å². The summed E-state index contributed by atoms with van der Waals surface area (Å²) < 4.78 is 1.04. The fourth-order valence-corrected chi connectivity index (χ4v) is 7.28. The van der Waals surface area contributed by atoms with Crippen LogP contribution in [-0.2, 0) is 0 Å². The minimum absolute atomic E-state index is 0.0887. The first kappa shape index (κ1) is 24.0. The topological polar surface area (TPSA) is 136 Å². The molecule has 0 amide bonds. The highest BCUT2D eigenvalue weighted by Gasteiger charge is 2.50. The van der Waals surface area contributed by atoms with Crippen molar-refractivity contribution in [1.29, 1.82) is 0 Å². The molecule has 192 valence electrons. The molecule has 0 saturated heterocycles. The summed E-state index contributed by atoms with van der Waals surface area (Å²) in [6.07, 6.45) is 7.62. The van der Waals surface area contributed by atoms with Crippen molar-refractivity contribution in [2.75, 3.05) is 17.2 Å². The predicted molar refractivity (Wildman–Crippen MR) is 140 cm³/mol. The molecule has 9 nitrogen and oxygen atoms in total. The van der Waals surface area contributed by atoms with E-state index in [4.69, 9.17) is 15.0 Å². The monoisotopic (exact) mass is 510 g/mol. The third-order valence-electron chi connectivity index (χ3n) is 8.44. The van der Waals surface area contributed by atoms with E-state index in [1.807, 2.05) is 19.9 Å². The van der Waals surface area contributed by atoms with Crippen molar-refractivity contribution < 1.29 is 15.3 Å². The van der Waals surface area contributed by atoms with E-state index < -0.39 is 18.2 Å². The molecule has 3 fully saturated rings. The van der Waals surface area contributed by atoms with Gasteiger partial charge in [-0.25, -0.2) is 9.97 Å². The number of aliphatic hydroxyl groups is 3. The van der Waals surface area contributed by atoms with Gasteiger partial charge >= 0.3 is 0 Å². The Bertz CT molecular complexity index is 1270. The number of pyridine rings is 1. The first-order valence-corrected chi connectivity index (χ1v) is 13.8. The Labute approximate surface area is 214 Å². The van der Waals surface area contributed by atoms with Gasteiger partial charge in [0.2, 0.25) is 5.95 Å². The predicted octanol–water partition coefficient (Wildman–Crippen LogP) is 3.41. The van der Waals surface area contributed by atoms with Gasteiger partial charge in [-0.1, -0.05) is 12.8 Å². The molecule has 4 atom stereocenters. The van der Waals surface area contributed by atoms with Gasteiger partial charge in [-0.3, -0.25) is 4.98 Å². The molecule has 3 aromatic rings. The zero-order valence-electron chi connectivity index (χ0n) is 20.7. The molecule has 0 bridgehead atoms. The van der Waals surface area contributed by atoms with Crippen molar-refractivity contribution in [2.45, 2.75) is 82.6 Å². The smallest absolute Gasteiger partial charge is 0.225 e. The van der Waals surface area contributed by atoms with Crippen LogP contribution in [0.5, 0.6) is 0 Å². The Morgan fingerprint density at radius 2 is 1.83 bits per heavy atom. The van der Waals surface area contributed by atoms with Gasteiger partial charge in [-0.15, -0.1) is 11.3 Å². The van der Waals surface area contributed by atoms with E-state index in [-0.39, 0.29) is 18.1 Å². The largest absolute Gasteiger partial charge is 0.396 e. The third-order valence-corrected chi connectivity index (χ3v) is 9.48. The first-order valence-electron chi connectivity index (χ1n) is 13.0. The summed E-state index contributed by atoms with van der Waals surface area (Å²) in [7, 11) is 0. The van der Waals surface area contributed by atoms with Crippen molar-refractivity contribution in [1.82, 2.24) is 19.9 Å². The number of rotatable bonds is 7. The molecule has 4 unspecified atom stereocenters. The molecule has 6 rings (SSSR count). The number of aryl methyl sites for hydroxylation is 2.